The maximum absolute atomic E-state index is 11.8. The van der Waals surface area contributed by atoms with E-state index in [1.165, 1.54) is 0 Å². The zero-order valence-corrected chi connectivity index (χ0v) is 10.5. The van der Waals surface area contributed by atoms with Gasteiger partial charge in [-0.1, -0.05) is 40.5 Å². The van der Waals surface area contributed by atoms with Crippen molar-refractivity contribution >= 4 is 11.8 Å². The van der Waals surface area contributed by atoms with Crippen LogP contribution < -0.4 is 10.6 Å². The first-order chi connectivity index (χ1) is 7.51. The molecule has 0 bridgehead atoms. The van der Waals surface area contributed by atoms with E-state index in [4.69, 9.17) is 0 Å². The third kappa shape index (κ3) is 2.54. The van der Waals surface area contributed by atoms with Gasteiger partial charge in [0.25, 0.3) is 0 Å². The summed E-state index contributed by atoms with van der Waals surface area (Å²) in [5, 5.41) is 5.66. The minimum Gasteiger partial charge on any atom is -0.342 e. The Morgan fingerprint density at radius 2 is 1.25 bits per heavy atom. The fourth-order valence-corrected chi connectivity index (χ4v) is 1.89. The average Bonchev–Trinajstić information content (AvgIpc) is 2.29. The second-order valence-corrected chi connectivity index (χ2v) is 4.74. The Morgan fingerprint density at radius 1 is 0.938 bits per heavy atom. The van der Waals surface area contributed by atoms with Crippen LogP contribution >= 0.6 is 0 Å². The molecule has 1 fully saturated rings. The van der Waals surface area contributed by atoms with E-state index in [1.54, 1.807) is 0 Å². The van der Waals surface area contributed by atoms with Gasteiger partial charge in [-0.05, 0) is 11.8 Å². The van der Waals surface area contributed by atoms with Gasteiger partial charge in [-0.25, -0.2) is 0 Å². The van der Waals surface area contributed by atoms with Crippen molar-refractivity contribution in [3.05, 3.63) is 0 Å². The summed E-state index contributed by atoms with van der Waals surface area (Å²) >= 11 is 0. The molecule has 4 heteroatoms. The number of nitrogens with one attached hydrogen (secondary N) is 2. The third-order valence-electron chi connectivity index (χ3n) is 3.59. The van der Waals surface area contributed by atoms with Crippen LogP contribution in [-0.4, -0.2) is 23.9 Å². The van der Waals surface area contributed by atoms with E-state index < -0.39 is 0 Å². The second kappa shape index (κ2) is 5.32. The summed E-state index contributed by atoms with van der Waals surface area (Å²) in [6.45, 7) is 8.00. The van der Waals surface area contributed by atoms with Gasteiger partial charge < -0.3 is 10.6 Å². The van der Waals surface area contributed by atoms with Gasteiger partial charge in [0.2, 0.25) is 11.8 Å². The van der Waals surface area contributed by atoms with E-state index in [9.17, 15) is 9.59 Å². The Kier molecular flexibility index (Phi) is 4.33. The van der Waals surface area contributed by atoms with Gasteiger partial charge in [0, 0.05) is 0 Å². The van der Waals surface area contributed by atoms with E-state index in [2.05, 4.69) is 10.6 Å². The Morgan fingerprint density at radius 3 is 1.50 bits per heavy atom. The minimum atomic E-state index is -0.363. The predicted molar refractivity (Wildman–Crippen MR) is 62.8 cm³/mol. The van der Waals surface area contributed by atoms with Crippen molar-refractivity contribution in [2.75, 3.05) is 0 Å². The van der Waals surface area contributed by atoms with E-state index in [0.29, 0.717) is 0 Å². The molecule has 2 N–H and O–H groups in total. The molecule has 0 unspecified atom stereocenters. The first-order valence-corrected chi connectivity index (χ1v) is 6.12. The molecular formula is C12H22N2O2. The number of carbonyl (C=O) groups excluding carboxylic acids is 2. The van der Waals surface area contributed by atoms with Gasteiger partial charge in [-0.3, -0.25) is 9.59 Å². The molecule has 1 saturated heterocycles. The molecule has 0 saturated carbocycles. The normalized spacial score (nSPS) is 29.2. The van der Waals surface area contributed by atoms with E-state index in [0.717, 1.165) is 12.8 Å². The van der Waals surface area contributed by atoms with Crippen molar-refractivity contribution in [3.8, 4) is 0 Å². The number of rotatable bonds is 4. The molecule has 0 radical (unpaired) electrons. The molecule has 0 spiro atoms. The highest BCUT2D eigenvalue weighted by atomic mass is 16.2. The maximum atomic E-state index is 11.8. The highest BCUT2D eigenvalue weighted by molar-refractivity contribution is 5.97. The molecule has 4 atom stereocenters. The number of amides is 2. The fraction of sp³-hybridized carbons (Fsp3) is 0.833. The summed E-state index contributed by atoms with van der Waals surface area (Å²) in [5.74, 6) is 0.280. The molecule has 0 aromatic heterocycles. The van der Waals surface area contributed by atoms with Gasteiger partial charge in [0.1, 0.15) is 12.1 Å². The highest BCUT2D eigenvalue weighted by Gasteiger charge is 2.37. The molecule has 1 rings (SSSR count). The van der Waals surface area contributed by atoms with Gasteiger partial charge >= 0.3 is 0 Å². The molecule has 2 amide bonds. The lowest BCUT2D eigenvalue weighted by atomic mass is 9.91. The molecule has 0 aromatic carbocycles. The number of hydrogen-bond acceptors (Lipinski definition) is 2. The van der Waals surface area contributed by atoms with Gasteiger partial charge in [-0.15, -0.1) is 0 Å². The van der Waals surface area contributed by atoms with Crippen LogP contribution in [0, 0.1) is 11.8 Å². The van der Waals surface area contributed by atoms with Crippen LogP contribution in [0.5, 0.6) is 0 Å². The Bertz CT molecular complexity index is 250. The van der Waals surface area contributed by atoms with E-state index in [1.807, 2.05) is 27.7 Å². The summed E-state index contributed by atoms with van der Waals surface area (Å²) in [6, 6.07) is -0.726. The van der Waals surface area contributed by atoms with Crippen LogP contribution in [0.25, 0.3) is 0 Å². The summed E-state index contributed by atoms with van der Waals surface area (Å²) in [5.41, 5.74) is 0. The fourth-order valence-electron chi connectivity index (χ4n) is 1.89. The van der Waals surface area contributed by atoms with Gasteiger partial charge in [0.15, 0.2) is 0 Å². The zero-order chi connectivity index (χ0) is 12.3. The predicted octanol–water partition coefficient (Wildman–Crippen LogP) is 1.06. The maximum Gasteiger partial charge on any atom is 0.243 e. The Hall–Kier alpha value is -1.06. The largest absolute Gasteiger partial charge is 0.342 e. The lowest BCUT2D eigenvalue weighted by Crippen LogP contribution is -2.65. The van der Waals surface area contributed by atoms with Crippen molar-refractivity contribution in [1.82, 2.24) is 10.6 Å². The lowest BCUT2D eigenvalue weighted by Gasteiger charge is -2.34. The van der Waals surface area contributed by atoms with Gasteiger partial charge in [-0.2, -0.15) is 0 Å². The van der Waals surface area contributed by atoms with E-state index in [-0.39, 0.29) is 35.7 Å². The monoisotopic (exact) mass is 226 g/mol. The molecule has 16 heavy (non-hydrogen) atoms. The number of carbonyl (C=O) groups is 2. The first-order valence-electron chi connectivity index (χ1n) is 6.12. The minimum absolute atomic E-state index is 0.0424. The van der Waals surface area contributed by atoms with Crippen molar-refractivity contribution < 1.29 is 9.59 Å². The molecule has 92 valence electrons. The molecule has 1 aliphatic heterocycles. The Balaban J connectivity index is 2.71. The summed E-state index contributed by atoms with van der Waals surface area (Å²) in [6.07, 6.45) is 1.76. The van der Waals surface area contributed by atoms with Crippen LogP contribution in [0.4, 0.5) is 0 Å². The topological polar surface area (TPSA) is 58.2 Å². The molecule has 1 heterocycles. The molecule has 1 aliphatic rings. The molecule has 0 aromatic rings. The lowest BCUT2D eigenvalue weighted by molar-refractivity contribution is -0.139. The van der Waals surface area contributed by atoms with Crippen LogP contribution in [0.3, 0.4) is 0 Å². The zero-order valence-electron chi connectivity index (χ0n) is 10.5. The van der Waals surface area contributed by atoms with Crippen molar-refractivity contribution in [2.24, 2.45) is 11.8 Å². The summed E-state index contributed by atoms with van der Waals surface area (Å²) in [4.78, 5) is 23.7. The van der Waals surface area contributed by atoms with Crippen molar-refractivity contribution in [3.63, 3.8) is 0 Å². The molecule has 4 nitrogen and oxygen atoms in total. The standard InChI is InChI=1S/C12H22N2O2/c1-5-7(3)9-11(15)14-10(8(4)6-2)12(16)13-9/h7-10H,5-6H2,1-4H3,(H,13,16)(H,14,15)/t7-,8-,9+,10+/m0/s1. The summed E-state index contributed by atoms with van der Waals surface area (Å²) < 4.78 is 0. The van der Waals surface area contributed by atoms with E-state index >= 15 is 0 Å². The Labute approximate surface area is 97.2 Å². The SMILES string of the molecule is CC[C@H](C)[C@H]1NC(=O)[C@@H]([C@@H](C)CC)NC1=O. The van der Waals surface area contributed by atoms with Crippen LogP contribution in [0.2, 0.25) is 0 Å². The van der Waals surface area contributed by atoms with Crippen LogP contribution in [0.1, 0.15) is 40.5 Å². The second-order valence-electron chi connectivity index (χ2n) is 4.74. The average molecular weight is 226 g/mol. The number of piperazine rings is 1. The number of hydrogen-bond donors (Lipinski definition) is 2. The van der Waals surface area contributed by atoms with Crippen molar-refractivity contribution in [1.29, 1.82) is 0 Å². The first kappa shape index (κ1) is 13.0. The third-order valence-corrected chi connectivity index (χ3v) is 3.59. The highest BCUT2D eigenvalue weighted by Crippen LogP contribution is 2.16. The quantitative estimate of drug-likeness (QED) is 0.753. The molecule has 0 aliphatic carbocycles. The van der Waals surface area contributed by atoms with Crippen molar-refractivity contribution in [2.45, 2.75) is 52.6 Å². The van der Waals surface area contributed by atoms with Crippen LogP contribution in [0.15, 0.2) is 0 Å². The smallest absolute Gasteiger partial charge is 0.243 e. The summed E-state index contributed by atoms with van der Waals surface area (Å²) in [7, 11) is 0. The van der Waals surface area contributed by atoms with Crippen LogP contribution in [-0.2, 0) is 9.59 Å². The molecular weight excluding hydrogens is 204 g/mol. The van der Waals surface area contributed by atoms with Gasteiger partial charge in [0.05, 0.1) is 0 Å².